The Balaban J connectivity index is 1.32. The Morgan fingerprint density at radius 3 is 2.47 bits per heavy atom. The van der Waals surface area contributed by atoms with Crippen LogP contribution in [-0.2, 0) is 26.9 Å². The van der Waals surface area contributed by atoms with Crippen molar-refractivity contribution < 1.29 is 22.3 Å². The van der Waals surface area contributed by atoms with Gasteiger partial charge in [0, 0.05) is 35.7 Å². The SMILES string of the molecule is O=C(Nc1ccc(-c2nc3c(c(N4CCOCC4)n2)CSCC3)cc1)NS(=O)(=O)c1ccc(F)cc1. The molecule has 9 nitrogen and oxygen atoms in total. The van der Waals surface area contributed by atoms with E-state index in [9.17, 15) is 17.6 Å². The minimum atomic E-state index is -4.14. The number of carbonyl (C=O) groups excluding carboxylic acids is 1. The number of carbonyl (C=O) groups is 1. The Bertz CT molecular complexity index is 1360. The summed E-state index contributed by atoms with van der Waals surface area (Å²) in [6.45, 7) is 2.90. The maximum absolute atomic E-state index is 13.1. The topological polar surface area (TPSA) is 114 Å². The van der Waals surface area contributed by atoms with E-state index < -0.39 is 21.9 Å². The number of nitrogens with one attached hydrogen (secondary N) is 2. The summed E-state index contributed by atoms with van der Waals surface area (Å²) in [5.41, 5.74) is 3.44. The van der Waals surface area contributed by atoms with E-state index in [1.54, 1.807) is 24.3 Å². The summed E-state index contributed by atoms with van der Waals surface area (Å²) in [6.07, 6.45) is 0.884. The molecular weight excluding hydrogens is 505 g/mol. The van der Waals surface area contributed by atoms with E-state index in [0.29, 0.717) is 24.7 Å². The molecule has 0 bridgehead atoms. The van der Waals surface area contributed by atoms with Gasteiger partial charge in [0.15, 0.2) is 5.82 Å². The van der Waals surface area contributed by atoms with Crippen LogP contribution in [0.2, 0.25) is 0 Å². The summed E-state index contributed by atoms with van der Waals surface area (Å²) >= 11 is 1.88. The van der Waals surface area contributed by atoms with Crippen LogP contribution in [-0.4, -0.2) is 56.5 Å². The fraction of sp³-hybridized carbons (Fsp3) is 0.292. The van der Waals surface area contributed by atoms with Gasteiger partial charge in [0.05, 0.1) is 23.8 Å². The predicted octanol–water partition coefficient (Wildman–Crippen LogP) is 3.42. The zero-order chi connectivity index (χ0) is 25.1. The number of hydrogen-bond acceptors (Lipinski definition) is 8. The number of amides is 2. The number of thioether (sulfide) groups is 1. The molecule has 5 rings (SSSR count). The molecule has 36 heavy (non-hydrogen) atoms. The molecular formula is C24H24FN5O4S2. The van der Waals surface area contributed by atoms with E-state index in [1.165, 1.54) is 5.56 Å². The van der Waals surface area contributed by atoms with Crippen molar-refractivity contribution in [1.82, 2.24) is 14.7 Å². The number of halogens is 1. The quantitative estimate of drug-likeness (QED) is 0.517. The lowest BCUT2D eigenvalue weighted by molar-refractivity contribution is 0.122. The molecule has 0 saturated carbocycles. The lowest BCUT2D eigenvalue weighted by Crippen LogP contribution is -2.38. The lowest BCUT2D eigenvalue weighted by Gasteiger charge is -2.31. The van der Waals surface area contributed by atoms with Crippen molar-refractivity contribution in [2.24, 2.45) is 0 Å². The average molecular weight is 530 g/mol. The van der Waals surface area contributed by atoms with E-state index in [-0.39, 0.29) is 4.90 Å². The molecule has 3 aromatic rings. The van der Waals surface area contributed by atoms with Crippen molar-refractivity contribution in [3.8, 4) is 11.4 Å². The lowest BCUT2D eigenvalue weighted by atomic mass is 10.1. The number of anilines is 2. The van der Waals surface area contributed by atoms with Gasteiger partial charge in [-0.05, 0) is 60.7 Å². The summed E-state index contributed by atoms with van der Waals surface area (Å²) in [6, 6.07) is 10.2. The third-order valence-corrected chi connectivity index (χ3v) is 8.20. The second-order valence-electron chi connectivity index (χ2n) is 8.29. The second kappa shape index (κ2) is 10.4. The minimum absolute atomic E-state index is 0.214. The highest BCUT2D eigenvalue weighted by atomic mass is 32.2. The molecule has 2 aromatic carbocycles. The number of morpholine rings is 1. The third kappa shape index (κ3) is 5.45. The van der Waals surface area contributed by atoms with Crippen molar-refractivity contribution >= 4 is 39.3 Å². The van der Waals surface area contributed by atoms with Crippen LogP contribution in [0.25, 0.3) is 11.4 Å². The Kier molecular flexibility index (Phi) is 7.08. The zero-order valence-corrected chi connectivity index (χ0v) is 20.9. The number of ether oxygens (including phenoxy) is 1. The number of fused-ring (bicyclic) bond motifs is 1. The molecule has 12 heteroatoms. The second-order valence-corrected chi connectivity index (χ2v) is 11.1. The van der Waals surface area contributed by atoms with Crippen LogP contribution in [0.3, 0.4) is 0 Å². The first kappa shape index (κ1) is 24.5. The van der Waals surface area contributed by atoms with Crippen LogP contribution in [0.5, 0.6) is 0 Å². The van der Waals surface area contributed by atoms with Gasteiger partial charge >= 0.3 is 6.03 Å². The number of nitrogens with zero attached hydrogens (tertiary/aromatic N) is 3. The summed E-state index contributed by atoms with van der Waals surface area (Å²) in [5.74, 6) is 2.90. The number of aryl methyl sites for hydroxylation is 1. The monoisotopic (exact) mass is 529 g/mol. The largest absolute Gasteiger partial charge is 0.378 e. The maximum atomic E-state index is 13.1. The first-order valence-corrected chi connectivity index (χ1v) is 14.0. The van der Waals surface area contributed by atoms with E-state index in [2.05, 4.69) is 10.2 Å². The van der Waals surface area contributed by atoms with Crippen LogP contribution in [0.15, 0.2) is 53.4 Å². The highest BCUT2D eigenvalue weighted by Crippen LogP contribution is 2.33. The smallest absolute Gasteiger partial charge is 0.333 e. The first-order valence-electron chi connectivity index (χ1n) is 11.4. The minimum Gasteiger partial charge on any atom is -0.378 e. The molecule has 0 spiro atoms. The summed E-state index contributed by atoms with van der Waals surface area (Å²) in [7, 11) is -4.14. The van der Waals surface area contributed by atoms with Gasteiger partial charge in [-0.3, -0.25) is 0 Å². The Labute approximate surface area is 212 Å². The molecule has 0 radical (unpaired) electrons. The molecule has 188 valence electrons. The normalized spacial score (nSPS) is 15.8. The fourth-order valence-corrected chi connectivity index (χ4v) is 5.92. The summed E-state index contributed by atoms with van der Waals surface area (Å²) < 4.78 is 45.2. The molecule has 2 N–H and O–H groups in total. The maximum Gasteiger partial charge on any atom is 0.333 e. The van der Waals surface area contributed by atoms with Gasteiger partial charge in [-0.25, -0.2) is 32.3 Å². The van der Waals surface area contributed by atoms with E-state index >= 15 is 0 Å². The molecule has 0 atom stereocenters. The van der Waals surface area contributed by atoms with Crippen LogP contribution in [0.4, 0.5) is 20.7 Å². The Hall–Kier alpha value is -3.22. The third-order valence-electron chi connectivity index (χ3n) is 5.86. The van der Waals surface area contributed by atoms with Crippen LogP contribution in [0.1, 0.15) is 11.3 Å². The highest BCUT2D eigenvalue weighted by Gasteiger charge is 2.24. The number of rotatable bonds is 5. The first-order chi connectivity index (χ1) is 17.4. The number of hydrogen-bond donors (Lipinski definition) is 2. The summed E-state index contributed by atoms with van der Waals surface area (Å²) in [5, 5.41) is 2.50. The van der Waals surface area contributed by atoms with Gasteiger partial charge < -0.3 is 15.0 Å². The van der Waals surface area contributed by atoms with Gasteiger partial charge in [0.25, 0.3) is 10.0 Å². The molecule has 1 saturated heterocycles. The van der Waals surface area contributed by atoms with E-state index in [1.807, 2.05) is 16.5 Å². The molecule has 3 heterocycles. The van der Waals surface area contributed by atoms with Crippen molar-refractivity contribution in [3.63, 3.8) is 0 Å². The summed E-state index contributed by atoms with van der Waals surface area (Å²) in [4.78, 5) is 24.1. The van der Waals surface area contributed by atoms with Gasteiger partial charge in [-0.1, -0.05) is 0 Å². The molecule has 0 aliphatic carbocycles. The van der Waals surface area contributed by atoms with Crippen LogP contribution >= 0.6 is 11.8 Å². The Morgan fingerprint density at radius 1 is 1.03 bits per heavy atom. The number of aromatic nitrogens is 2. The Morgan fingerprint density at radius 2 is 1.75 bits per heavy atom. The van der Waals surface area contributed by atoms with Crippen molar-refractivity contribution in [2.75, 3.05) is 42.3 Å². The van der Waals surface area contributed by atoms with Crippen molar-refractivity contribution in [1.29, 1.82) is 0 Å². The molecule has 2 aliphatic rings. The zero-order valence-electron chi connectivity index (χ0n) is 19.2. The molecule has 1 aromatic heterocycles. The molecule has 2 amide bonds. The number of benzene rings is 2. The predicted molar refractivity (Wildman–Crippen MR) is 136 cm³/mol. The van der Waals surface area contributed by atoms with E-state index in [0.717, 1.165) is 72.4 Å². The van der Waals surface area contributed by atoms with Gasteiger partial charge in [-0.2, -0.15) is 11.8 Å². The standard InChI is InChI=1S/C24H24FN5O4S2/c25-17-3-7-19(8-4-17)36(32,33)29-24(31)26-18-5-1-16(2-6-18)22-27-21-9-14-35-15-20(21)23(28-22)30-10-12-34-13-11-30/h1-8H,9-15H2,(H2,26,29,31). The molecule has 1 fully saturated rings. The van der Waals surface area contributed by atoms with Gasteiger partial charge in [0.2, 0.25) is 0 Å². The fourth-order valence-electron chi connectivity index (χ4n) is 4.03. The average Bonchev–Trinajstić information content (AvgIpc) is 2.89. The van der Waals surface area contributed by atoms with Gasteiger partial charge in [0.1, 0.15) is 11.6 Å². The highest BCUT2D eigenvalue weighted by molar-refractivity contribution is 7.98. The number of sulfonamides is 1. The van der Waals surface area contributed by atoms with Crippen molar-refractivity contribution in [2.45, 2.75) is 17.1 Å². The van der Waals surface area contributed by atoms with Crippen LogP contribution < -0.4 is 14.9 Å². The van der Waals surface area contributed by atoms with Gasteiger partial charge in [-0.15, -0.1) is 0 Å². The van der Waals surface area contributed by atoms with Crippen LogP contribution in [0, 0.1) is 5.82 Å². The van der Waals surface area contributed by atoms with Crippen molar-refractivity contribution in [3.05, 3.63) is 65.6 Å². The molecule has 0 unspecified atom stereocenters. The molecule has 2 aliphatic heterocycles. The number of urea groups is 1. The van der Waals surface area contributed by atoms with E-state index in [4.69, 9.17) is 14.7 Å².